The van der Waals surface area contributed by atoms with Crippen molar-refractivity contribution in [3.05, 3.63) is 53.7 Å². The summed E-state index contributed by atoms with van der Waals surface area (Å²) in [4.78, 5) is 17.3. The van der Waals surface area contributed by atoms with Crippen LogP contribution in [0.3, 0.4) is 0 Å². The van der Waals surface area contributed by atoms with E-state index in [9.17, 15) is 4.79 Å². The Hall–Kier alpha value is -2.20. The van der Waals surface area contributed by atoms with Gasteiger partial charge in [-0.05, 0) is 37.3 Å². The Labute approximate surface area is 162 Å². The molecule has 0 bridgehead atoms. The van der Waals surface area contributed by atoms with E-state index in [1.807, 2.05) is 49.4 Å². The first-order valence-corrected chi connectivity index (χ1v) is 9.79. The van der Waals surface area contributed by atoms with Gasteiger partial charge in [-0.3, -0.25) is 9.78 Å². The van der Waals surface area contributed by atoms with Gasteiger partial charge in [0.2, 0.25) is 0 Å². The molecule has 0 saturated carbocycles. The highest BCUT2D eigenvalue weighted by Crippen LogP contribution is 2.33. The SMILES string of the molecule is Cc1nc(-c2ccccc2)ccc1C(=O)NC[C@H]1CCCO[C@@H]1C(C)(C)C. The molecule has 1 aromatic heterocycles. The Morgan fingerprint density at radius 2 is 1.93 bits per heavy atom. The molecule has 1 amide bonds. The molecule has 4 heteroatoms. The third-order valence-corrected chi connectivity index (χ3v) is 5.22. The second-order valence-corrected chi connectivity index (χ2v) is 8.47. The number of nitrogens with one attached hydrogen (secondary N) is 1. The molecule has 0 aliphatic carbocycles. The fourth-order valence-corrected chi connectivity index (χ4v) is 3.90. The summed E-state index contributed by atoms with van der Waals surface area (Å²) < 4.78 is 6.02. The fraction of sp³-hybridized carbons (Fsp3) is 0.478. The molecule has 4 nitrogen and oxygen atoms in total. The molecule has 1 aliphatic heterocycles. The number of carbonyl (C=O) groups excluding carboxylic acids is 1. The molecule has 1 saturated heterocycles. The van der Waals surface area contributed by atoms with E-state index in [-0.39, 0.29) is 17.4 Å². The van der Waals surface area contributed by atoms with E-state index in [0.717, 1.165) is 36.4 Å². The lowest BCUT2D eigenvalue weighted by Gasteiger charge is -2.40. The van der Waals surface area contributed by atoms with E-state index in [1.54, 1.807) is 0 Å². The summed E-state index contributed by atoms with van der Waals surface area (Å²) in [6.07, 6.45) is 2.32. The van der Waals surface area contributed by atoms with Gasteiger partial charge in [-0.2, -0.15) is 0 Å². The van der Waals surface area contributed by atoms with E-state index in [2.05, 4.69) is 31.1 Å². The van der Waals surface area contributed by atoms with E-state index >= 15 is 0 Å². The summed E-state index contributed by atoms with van der Waals surface area (Å²) in [7, 11) is 0. The summed E-state index contributed by atoms with van der Waals surface area (Å²) in [5.41, 5.74) is 3.41. The number of aryl methyl sites for hydroxylation is 1. The van der Waals surface area contributed by atoms with Gasteiger partial charge in [-0.15, -0.1) is 0 Å². The second kappa shape index (κ2) is 8.22. The lowest BCUT2D eigenvalue weighted by atomic mass is 9.78. The minimum absolute atomic E-state index is 0.0576. The van der Waals surface area contributed by atoms with Gasteiger partial charge in [0, 0.05) is 24.6 Å². The minimum Gasteiger partial charge on any atom is -0.377 e. The molecule has 27 heavy (non-hydrogen) atoms. The molecule has 3 rings (SSSR count). The van der Waals surface area contributed by atoms with Crippen molar-refractivity contribution in [3.8, 4) is 11.3 Å². The Morgan fingerprint density at radius 1 is 1.19 bits per heavy atom. The topological polar surface area (TPSA) is 51.2 Å². The number of aromatic nitrogens is 1. The summed E-state index contributed by atoms with van der Waals surface area (Å²) >= 11 is 0. The Morgan fingerprint density at radius 3 is 2.59 bits per heavy atom. The smallest absolute Gasteiger partial charge is 0.253 e. The molecule has 0 unspecified atom stereocenters. The maximum Gasteiger partial charge on any atom is 0.253 e. The first-order chi connectivity index (χ1) is 12.9. The van der Waals surface area contributed by atoms with E-state index in [0.29, 0.717) is 18.0 Å². The summed E-state index contributed by atoms with van der Waals surface area (Å²) in [6.45, 7) is 9.95. The maximum absolute atomic E-state index is 12.7. The van der Waals surface area contributed by atoms with Crippen LogP contribution in [0.2, 0.25) is 0 Å². The van der Waals surface area contributed by atoms with Crippen molar-refractivity contribution < 1.29 is 9.53 Å². The molecule has 2 heterocycles. The molecule has 0 radical (unpaired) electrons. The largest absolute Gasteiger partial charge is 0.377 e. The van der Waals surface area contributed by atoms with Crippen molar-refractivity contribution >= 4 is 5.91 Å². The Balaban J connectivity index is 1.67. The Kier molecular flexibility index (Phi) is 5.95. The van der Waals surface area contributed by atoms with Crippen molar-refractivity contribution in [3.63, 3.8) is 0 Å². The highest BCUT2D eigenvalue weighted by Gasteiger charge is 2.35. The molecular formula is C23H30N2O2. The third-order valence-electron chi connectivity index (χ3n) is 5.22. The van der Waals surface area contributed by atoms with Gasteiger partial charge < -0.3 is 10.1 Å². The quantitative estimate of drug-likeness (QED) is 0.858. The van der Waals surface area contributed by atoms with Crippen molar-refractivity contribution in [2.24, 2.45) is 11.3 Å². The van der Waals surface area contributed by atoms with Crippen molar-refractivity contribution in [1.29, 1.82) is 0 Å². The van der Waals surface area contributed by atoms with Gasteiger partial charge in [-0.1, -0.05) is 51.1 Å². The number of carbonyl (C=O) groups is 1. The van der Waals surface area contributed by atoms with E-state index in [1.165, 1.54) is 0 Å². The minimum atomic E-state index is -0.0576. The van der Waals surface area contributed by atoms with Crippen LogP contribution in [-0.2, 0) is 4.74 Å². The average molecular weight is 367 g/mol. The average Bonchev–Trinajstić information content (AvgIpc) is 2.66. The van der Waals surface area contributed by atoms with Crippen LogP contribution in [0.4, 0.5) is 0 Å². The molecule has 1 N–H and O–H groups in total. The molecule has 1 fully saturated rings. The zero-order chi connectivity index (χ0) is 19.4. The van der Waals surface area contributed by atoms with Crippen molar-refractivity contribution in [2.45, 2.75) is 46.6 Å². The number of hydrogen-bond acceptors (Lipinski definition) is 3. The zero-order valence-corrected chi connectivity index (χ0v) is 16.8. The first kappa shape index (κ1) is 19.6. The monoisotopic (exact) mass is 366 g/mol. The van der Waals surface area contributed by atoms with Crippen LogP contribution in [0.5, 0.6) is 0 Å². The standard InChI is InChI=1S/C23H30N2O2/c1-16-19(12-13-20(25-16)17-9-6-5-7-10-17)22(26)24-15-18-11-8-14-27-21(18)23(2,3)4/h5-7,9-10,12-13,18,21H,8,11,14-15H2,1-4H3,(H,24,26)/t18-,21+/m1/s1. The predicted octanol–water partition coefficient (Wildman–Crippen LogP) is 4.63. The van der Waals surface area contributed by atoms with Crippen molar-refractivity contribution in [2.75, 3.05) is 13.2 Å². The van der Waals surface area contributed by atoms with Gasteiger partial charge in [-0.25, -0.2) is 0 Å². The molecule has 1 aromatic carbocycles. The van der Waals surface area contributed by atoms with Gasteiger partial charge in [0.15, 0.2) is 0 Å². The summed E-state index contributed by atoms with van der Waals surface area (Å²) in [5.74, 6) is 0.289. The van der Waals surface area contributed by atoms with Gasteiger partial charge in [0.25, 0.3) is 5.91 Å². The highest BCUT2D eigenvalue weighted by atomic mass is 16.5. The van der Waals surface area contributed by atoms with Gasteiger partial charge in [0.1, 0.15) is 0 Å². The fourth-order valence-electron chi connectivity index (χ4n) is 3.90. The maximum atomic E-state index is 12.7. The normalized spacial score (nSPS) is 20.3. The van der Waals surface area contributed by atoms with Crippen molar-refractivity contribution in [1.82, 2.24) is 10.3 Å². The van der Waals surface area contributed by atoms with E-state index in [4.69, 9.17) is 4.74 Å². The van der Waals surface area contributed by atoms with Crippen LogP contribution in [0.25, 0.3) is 11.3 Å². The number of rotatable bonds is 4. The first-order valence-electron chi connectivity index (χ1n) is 9.79. The van der Waals surface area contributed by atoms with Crippen LogP contribution in [0.15, 0.2) is 42.5 Å². The lowest BCUT2D eigenvalue weighted by Crippen LogP contribution is -2.45. The zero-order valence-electron chi connectivity index (χ0n) is 16.8. The van der Waals surface area contributed by atoms with E-state index < -0.39 is 0 Å². The molecule has 2 atom stereocenters. The number of amides is 1. The summed E-state index contributed by atoms with van der Waals surface area (Å²) in [6, 6.07) is 13.8. The van der Waals surface area contributed by atoms with Gasteiger partial charge in [0.05, 0.1) is 23.1 Å². The van der Waals surface area contributed by atoms with Gasteiger partial charge >= 0.3 is 0 Å². The predicted molar refractivity (Wildman–Crippen MR) is 109 cm³/mol. The highest BCUT2D eigenvalue weighted by molar-refractivity contribution is 5.95. The van der Waals surface area contributed by atoms with Crippen LogP contribution < -0.4 is 5.32 Å². The molecule has 2 aromatic rings. The molecule has 0 spiro atoms. The van der Waals surface area contributed by atoms with Crippen LogP contribution in [0.1, 0.15) is 49.7 Å². The number of nitrogens with zero attached hydrogens (tertiary/aromatic N) is 1. The second-order valence-electron chi connectivity index (χ2n) is 8.47. The molecular weight excluding hydrogens is 336 g/mol. The van der Waals surface area contributed by atoms with Crippen LogP contribution in [-0.4, -0.2) is 30.1 Å². The molecule has 144 valence electrons. The van der Waals surface area contributed by atoms with Crippen LogP contribution in [0, 0.1) is 18.3 Å². The molecule has 1 aliphatic rings. The van der Waals surface area contributed by atoms with Crippen LogP contribution >= 0.6 is 0 Å². The number of pyridine rings is 1. The number of hydrogen-bond donors (Lipinski definition) is 1. The Bertz CT molecular complexity index is 781. The number of benzene rings is 1. The third kappa shape index (κ3) is 4.75. The summed E-state index contributed by atoms with van der Waals surface area (Å²) in [5, 5.41) is 3.11. The number of ether oxygens (including phenoxy) is 1. The lowest BCUT2D eigenvalue weighted by molar-refractivity contribution is -0.0839.